The topological polar surface area (TPSA) is 18.5 Å². The molecule has 0 unspecified atom stereocenters. The maximum absolute atomic E-state index is 5.99. The average Bonchev–Trinajstić information content (AvgIpc) is 2.46. The molecule has 1 rings (SSSR count). The van der Waals surface area contributed by atoms with E-state index < -0.39 is 9.28 Å². The molecule has 0 saturated heterocycles. The number of rotatable bonds is 10. The van der Waals surface area contributed by atoms with E-state index in [-0.39, 0.29) is 0 Å². The minimum atomic E-state index is -1.38. The van der Waals surface area contributed by atoms with E-state index in [0.29, 0.717) is 0 Å². The van der Waals surface area contributed by atoms with Crippen LogP contribution in [-0.4, -0.2) is 22.5 Å². The van der Waals surface area contributed by atoms with Gasteiger partial charge in [0.1, 0.15) is 0 Å². The molecular formula is C16H25O2Si. The molecule has 0 aliphatic heterocycles. The minimum Gasteiger partial charge on any atom is -0.390 e. The third-order valence-corrected chi connectivity index (χ3v) is 4.69. The monoisotopic (exact) mass is 277 g/mol. The van der Waals surface area contributed by atoms with Crippen molar-refractivity contribution >= 4 is 20.5 Å². The van der Waals surface area contributed by atoms with Gasteiger partial charge in [-0.05, 0) is 18.4 Å². The molecule has 2 nitrogen and oxygen atoms in total. The van der Waals surface area contributed by atoms with Crippen LogP contribution in [0.15, 0.2) is 30.8 Å². The van der Waals surface area contributed by atoms with E-state index in [0.717, 1.165) is 44.5 Å². The van der Waals surface area contributed by atoms with Crippen molar-refractivity contribution in [2.75, 3.05) is 13.2 Å². The first-order valence-corrected chi connectivity index (χ1v) is 8.49. The van der Waals surface area contributed by atoms with E-state index in [2.05, 4.69) is 32.6 Å². The standard InChI is InChI=1S/C16H25O2Si/c1-4-7-13-17-19(18-14-8-5-2)16-12-10-9-11-15(16)6-3/h6,9-12H,3-5,7-8,13-14H2,1-2H3. The molecule has 1 aromatic rings. The molecule has 3 heteroatoms. The Morgan fingerprint density at radius 2 is 1.63 bits per heavy atom. The molecule has 0 heterocycles. The normalized spacial score (nSPS) is 10.9. The Bertz CT molecular complexity index is 356. The summed E-state index contributed by atoms with van der Waals surface area (Å²) in [5.74, 6) is 0. The van der Waals surface area contributed by atoms with Gasteiger partial charge in [-0.1, -0.05) is 63.6 Å². The molecule has 0 aliphatic rings. The van der Waals surface area contributed by atoms with Crippen LogP contribution in [0.5, 0.6) is 0 Å². The van der Waals surface area contributed by atoms with Crippen LogP contribution in [0.1, 0.15) is 45.1 Å². The molecule has 0 aromatic heterocycles. The Labute approximate surface area is 119 Å². The summed E-state index contributed by atoms with van der Waals surface area (Å²) in [5, 5.41) is 1.18. The number of benzene rings is 1. The zero-order valence-electron chi connectivity index (χ0n) is 12.2. The predicted octanol–water partition coefficient (Wildman–Crippen LogP) is 3.66. The Hall–Kier alpha value is -0.903. The SMILES string of the molecule is C=Cc1ccccc1[Si](OCCCC)OCCCC. The summed E-state index contributed by atoms with van der Waals surface area (Å²) in [6, 6.07) is 8.24. The molecule has 0 amide bonds. The van der Waals surface area contributed by atoms with Crippen molar-refractivity contribution < 1.29 is 8.85 Å². The highest BCUT2D eigenvalue weighted by atomic mass is 28.3. The van der Waals surface area contributed by atoms with Gasteiger partial charge < -0.3 is 8.85 Å². The molecule has 0 N–H and O–H groups in total. The summed E-state index contributed by atoms with van der Waals surface area (Å²) < 4.78 is 12.0. The van der Waals surface area contributed by atoms with E-state index in [9.17, 15) is 0 Å². The molecule has 19 heavy (non-hydrogen) atoms. The van der Waals surface area contributed by atoms with Crippen molar-refractivity contribution in [3.05, 3.63) is 36.4 Å². The Morgan fingerprint density at radius 3 is 2.16 bits per heavy atom. The summed E-state index contributed by atoms with van der Waals surface area (Å²) in [4.78, 5) is 0. The van der Waals surface area contributed by atoms with Crippen LogP contribution >= 0.6 is 0 Å². The zero-order valence-corrected chi connectivity index (χ0v) is 13.2. The van der Waals surface area contributed by atoms with Crippen molar-refractivity contribution in [3.8, 4) is 0 Å². The largest absolute Gasteiger partial charge is 0.424 e. The summed E-state index contributed by atoms with van der Waals surface area (Å²) in [6.07, 6.45) is 6.34. The van der Waals surface area contributed by atoms with Gasteiger partial charge in [0.05, 0.1) is 0 Å². The van der Waals surface area contributed by atoms with Gasteiger partial charge in [-0.15, -0.1) is 0 Å². The molecule has 0 saturated carbocycles. The van der Waals surface area contributed by atoms with Gasteiger partial charge in [-0.25, -0.2) is 0 Å². The van der Waals surface area contributed by atoms with Gasteiger partial charge in [-0.2, -0.15) is 0 Å². The van der Waals surface area contributed by atoms with E-state index >= 15 is 0 Å². The zero-order chi connectivity index (χ0) is 13.9. The lowest BCUT2D eigenvalue weighted by Crippen LogP contribution is -2.39. The van der Waals surface area contributed by atoms with E-state index in [1.165, 1.54) is 5.19 Å². The minimum absolute atomic E-state index is 0.780. The Balaban J connectivity index is 2.72. The van der Waals surface area contributed by atoms with Crippen molar-refractivity contribution in [1.82, 2.24) is 0 Å². The summed E-state index contributed by atoms with van der Waals surface area (Å²) in [6.45, 7) is 9.78. The first-order chi connectivity index (χ1) is 9.33. The fourth-order valence-corrected chi connectivity index (χ4v) is 3.38. The summed E-state index contributed by atoms with van der Waals surface area (Å²) in [7, 11) is -1.38. The van der Waals surface area contributed by atoms with E-state index in [1.807, 2.05) is 18.2 Å². The van der Waals surface area contributed by atoms with Crippen molar-refractivity contribution in [2.45, 2.75) is 39.5 Å². The third-order valence-electron chi connectivity index (χ3n) is 2.86. The van der Waals surface area contributed by atoms with Crippen LogP contribution in [-0.2, 0) is 8.85 Å². The van der Waals surface area contributed by atoms with Gasteiger partial charge in [0, 0.05) is 18.4 Å². The maximum atomic E-state index is 5.99. The molecule has 1 aromatic carbocycles. The predicted molar refractivity (Wildman–Crippen MR) is 83.6 cm³/mol. The molecule has 0 atom stereocenters. The van der Waals surface area contributed by atoms with Crippen LogP contribution in [0.3, 0.4) is 0 Å². The molecule has 1 radical (unpaired) electrons. The Morgan fingerprint density at radius 1 is 1.05 bits per heavy atom. The second-order valence-electron chi connectivity index (χ2n) is 4.48. The van der Waals surface area contributed by atoms with Crippen LogP contribution < -0.4 is 5.19 Å². The van der Waals surface area contributed by atoms with Crippen LogP contribution in [0.2, 0.25) is 0 Å². The third kappa shape index (κ3) is 5.72. The van der Waals surface area contributed by atoms with Gasteiger partial charge in [-0.3, -0.25) is 0 Å². The lowest BCUT2D eigenvalue weighted by atomic mass is 10.2. The molecule has 0 aliphatic carbocycles. The van der Waals surface area contributed by atoms with E-state index in [4.69, 9.17) is 8.85 Å². The second-order valence-corrected chi connectivity index (χ2v) is 6.17. The summed E-state index contributed by atoms with van der Waals surface area (Å²) in [5.41, 5.74) is 1.13. The van der Waals surface area contributed by atoms with Gasteiger partial charge in [0.25, 0.3) is 0 Å². The van der Waals surface area contributed by atoms with Crippen molar-refractivity contribution in [1.29, 1.82) is 0 Å². The number of hydrogen-bond acceptors (Lipinski definition) is 2. The highest BCUT2D eigenvalue weighted by Gasteiger charge is 2.21. The van der Waals surface area contributed by atoms with E-state index in [1.54, 1.807) is 0 Å². The molecule has 105 valence electrons. The highest BCUT2D eigenvalue weighted by molar-refractivity contribution is 6.62. The van der Waals surface area contributed by atoms with Gasteiger partial charge >= 0.3 is 9.28 Å². The van der Waals surface area contributed by atoms with Gasteiger partial charge in [0.15, 0.2) is 0 Å². The number of unbranched alkanes of at least 4 members (excludes halogenated alkanes) is 2. The average molecular weight is 277 g/mol. The maximum Gasteiger partial charge on any atom is 0.424 e. The second kappa shape index (κ2) is 9.95. The van der Waals surface area contributed by atoms with Crippen molar-refractivity contribution in [3.63, 3.8) is 0 Å². The van der Waals surface area contributed by atoms with Gasteiger partial charge in [0.2, 0.25) is 0 Å². The fraction of sp³-hybridized carbons (Fsp3) is 0.500. The van der Waals surface area contributed by atoms with Crippen LogP contribution in [0.25, 0.3) is 6.08 Å². The first-order valence-electron chi connectivity index (χ1n) is 7.17. The van der Waals surface area contributed by atoms with Crippen LogP contribution in [0, 0.1) is 0 Å². The molecule has 0 fully saturated rings. The number of hydrogen-bond donors (Lipinski definition) is 0. The lowest BCUT2D eigenvalue weighted by Gasteiger charge is -2.17. The lowest BCUT2D eigenvalue weighted by molar-refractivity contribution is 0.202. The fourth-order valence-electron chi connectivity index (χ4n) is 1.68. The smallest absolute Gasteiger partial charge is 0.390 e. The summed E-state index contributed by atoms with van der Waals surface area (Å²) >= 11 is 0. The van der Waals surface area contributed by atoms with Crippen LogP contribution in [0.4, 0.5) is 0 Å². The molecule has 0 bridgehead atoms. The Kier molecular flexibility index (Phi) is 8.46. The highest BCUT2D eigenvalue weighted by Crippen LogP contribution is 2.04. The molecule has 0 spiro atoms. The van der Waals surface area contributed by atoms with Crippen molar-refractivity contribution in [2.24, 2.45) is 0 Å². The molecular weight excluding hydrogens is 252 g/mol. The first kappa shape index (κ1) is 16.2. The quantitative estimate of drug-likeness (QED) is 0.480.